The molecule has 0 radical (unpaired) electrons. The largest absolute Gasteiger partial charge is 0.481 e. The fraction of sp³-hybridized carbons (Fsp3) is 0.627. The summed E-state index contributed by atoms with van der Waals surface area (Å²) < 4.78 is 11.4. The Morgan fingerprint density at radius 3 is 2.22 bits per heavy atom. The van der Waals surface area contributed by atoms with Gasteiger partial charge in [0.1, 0.15) is 29.5 Å². The number of benzene rings is 1. The van der Waals surface area contributed by atoms with Crippen LogP contribution in [0.4, 0.5) is 5.69 Å². The first-order valence-corrected chi connectivity index (χ1v) is 29.2. The van der Waals surface area contributed by atoms with Crippen LogP contribution in [0.2, 0.25) is 0 Å². The van der Waals surface area contributed by atoms with Crippen LogP contribution in [0.25, 0.3) is 0 Å². The van der Waals surface area contributed by atoms with Crippen LogP contribution in [0.5, 0.6) is 0 Å². The average Bonchev–Trinajstić information content (AvgIpc) is 3.95. The Morgan fingerprint density at radius 2 is 1.59 bits per heavy atom. The number of thiazole rings is 1. The summed E-state index contributed by atoms with van der Waals surface area (Å²) in [6.45, 7) is 11.3. The molecule has 0 bridgehead atoms. The average molecular weight is 1160 g/mol. The fourth-order valence-corrected chi connectivity index (χ4v) is 10.1. The van der Waals surface area contributed by atoms with Gasteiger partial charge in [-0.05, 0) is 108 Å². The van der Waals surface area contributed by atoms with Crippen molar-refractivity contribution in [3.8, 4) is 24.2 Å². The van der Waals surface area contributed by atoms with Gasteiger partial charge in [-0.25, -0.2) is 10.0 Å². The van der Waals surface area contributed by atoms with Crippen molar-refractivity contribution in [2.75, 3.05) is 51.8 Å². The Labute approximate surface area is 486 Å². The van der Waals surface area contributed by atoms with Crippen LogP contribution in [0, 0.1) is 41.4 Å². The van der Waals surface area contributed by atoms with Gasteiger partial charge in [-0.1, -0.05) is 65.0 Å². The van der Waals surface area contributed by atoms with Crippen LogP contribution in [0.3, 0.4) is 0 Å². The number of hydroxylamine groups is 2. The summed E-state index contributed by atoms with van der Waals surface area (Å²) in [6.07, 6.45) is 12.9. The second-order valence-electron chi connectivity index (χ2n) is 21.9. The number of nitrogens with zero attached hydrogens (tertiary/aromatic N) is 3. The van der Waals surface area contributed by atoms with Gasteiger partial charge in [0.05, 0.1) is 43.7 Å². The minimum Gasteiger partial charge on any atom is -0.481 e. The summed E-state index contributed by atoms with van der Waals surface area (Å²) >= 11 is 1.07. The number of likely N-dealkylation sites (N-methyl/N-ethyl adjacent to an activating group) is 1. The van der Waals surface area contributed by atoms with Gasteiger partial charge in [-0.15, -0.1) is 29.6 Å². The first kappa shape index (κ1) is 67.6. The van der Waals surface area contributed by atoms with Crippen molar-refractivity contribution in [2.45, 2.75) is 175 Å². The van der Waals surface area contributed by atoms with Crippen LogP contribution >= 0.6 is 11.3 Å². The van der Waals surface area contributed by atoms with Gasteiger partial charge in [0.25, 0.3) is 11.8 Å². The molecule has 2 aromatic rings. The third kappa shape index (κ3) is 23.1. The van der Waals surface area contributed by atoms with Crippen molar-refractivity contribution < 1.29 is 62.6 Å². The van der Waals surface area contributed by atoms with Crippen LogP contribution in [0.15, 0.2) is 29.6 Å². The predicted molar refractivity (Wildman–Crippen MR) is 308 cm³/mol. The van der Waals surface area contributed by atoms with Gasteiger partial charge >= 0.3 is 11.9 Å². The number of unbranched alkanes of at least 4 members (excludes halogenated alkanes) is 1. The number of amides is 7. The molecular weight excluding hydrogens is 1070 g/mol. The molecule has 450 valence electrons. The number of hydrogen-bond acceptors (Lipinski definition) is 15. The summed E-state index contributed by atoms with van der Waals surface area (Å²) in [4.78, 5) is 130. The maximum atomic E-state index is 14.8. The molecule has 0 saturated carbocycles. The minimum absolute atomic E-state index is 0.0104. The molecule has 22 nitrogen and oxygen atoms in total. The number of terminal acetylenes is 1. The molecular formula is C59H85N9O13S. The van der Waals surface area contributed by atoms with E-state index in [9.17, 15) is 48.3 Å². The van der Waals surface area contributed by atoms with E-state index in [1.165, 1.54) is 17.4 Å². The van der Waals surface area contributed by atoms with E-state index in [-0.39, 0.29) is 79.6 Å². The molecule has 0 spiro atoms. The number of hydrogen-bond donors (Lipinski definition) is 7. The van der Waals surface area contributed by atoms with Crippen molar-refractivity contribution >= 4 is 70.3 Å². The van der Waals surface area contributed by atoms with Gasteiger partial charge < -0.3 is 46.5 Å². The zero-order valence-corrected chi connectivity index (χ0v) is 49.6. The quantitative estimate of drug-likeness (QED) is 0.0223. The molecule has 2 heterocycles. The van der Waals surface area contributed by atoms with Crippen molar-refractivity contribution in [1.29, 1.82) is 0 Å². The third-order valence-electron chi connectivity index (χ3n) is 14.3. The molecule has 1 aliphatic heterocycles. The Balaban J connectivity index is 1.40. The number of carboxylic acid groups (broad SMARTS) is 1. The minimum atomic E-state index is -1.28. The molecule has 1 aliphatic carbocycles. The number of aromatic nitrogens is 1. The summed E-state index contributed by atoms with van der Waals surface area (Å²) in [5, 5.41) is 29.1. The van der Waals surface area contributed by atoms with E-state index in [0.29, 0.717) is 36.9 Å². The lowest BCUT2D eigenvalue weighted by atomic mass is 9.84. The van der Waals surface area contributed by atoms with E-state index in [0.717, 1.165) is 62.8 Å². The molecule has 1 aromatic carbocycles. The van der Waals surface area contributed by atoms with Crippen molar-refractivity contribution in [3.05, 3.63) is 45.9 Å². The molecule has 2 aliphatic rings. The number of likely N-dealkylation sites (tertiary alicyclic amines) is 1. The van der Waals surface area contributed by atoms with Crippen LogP contribution in [-0.2, 0) is 59.1 Å². The standard InChI is InChI=1S/C59H85N9O13S/c1-10-12-20-29-80-68(57(76)53(39(5)11-2)66-55(75)46-23-18-19-28-67(46)9)47(38(3)4)31-48(81-40(6)69)56-65-45(37-82-56)54(74)64-43(32-59(7,8)58(77)78)30-41-24-26-42(27-25-41)63-51(72)35-61-49(70)33-60-50(71)34-62-52(73)36-79-44-21-16-14-13-15-17-22-44/h1,24-27,37-39,43-44,46-48,53H,11-16,18-21,23,28-36H2,2-9H3,(H,60,71)(H,61,70)(H,62,73)(H,63,72)(H,64,74)(H,66,75)(H,77,78)/t39-,43-,44?,46+,47+,48+,53-/m0/s1. The zero-order chi connectivity index (χ0) is 60.4. The highest BCUT2D eigenvalue weighted by Crippen LogP contribution is 2.33. The van der Waals surface area contributed by atoms with Crippen molar-refractivity contribution in [2.24, 2.45) is 17.3 Å². The fourth-order valence-electron chi connectivity index (χ4n) is 9.28. The lowest BCUT2D eigenvalue weighted by molar-refractivity contribution is -0.213. The third-order valence-corrected chi connectivity index (χ3v) is 15.2. The van der Waals surface area contributed by atoms with E-state index in [1.807, 2.05) is 39.6 Å². The van der Waals surface area contributed by atoms with E-state index < -0.39 is 90.1 Å². The number of aliphatic carboxylic acids is 1. The smallest absolute Gasteiger partial charge is 0.309 e. The number of ether oxygens (including phenoxy) is 2. The highest BCUT2D eigenvalue weighted by Gasteiger charge is 2.40. The molecule has 82 heavy (non-hydrogen) atoms. The van der Waals surface area contributed by atoms with E-state index in [4.69, 9.17) is 20.7 Å². The Hall–Kier alpha value is -6.92. The number of nitrogens with one attached hydrogen (secondary N) is 6. The number of esters is 1. The lowest BCUT2D eigenvalue weighted by Crippen LogP contribution is -2.58. The second kappa shape index (κ2) is 34.5. The van der Waals surface area contributed by atoms with Gasteiger partial charge in [0, 0.05) is 43.3 Å². The predicted octanol–water partition coefficient (Wildman–Crippen LogP) is 4.83. The van der Waals surface area contributed by atoms with Gasteiger partial charge in [0.15, 0.2) is 6.10 Å². The topological polar surface area (TPSA) is 293 Å². The monoisotopic (exact) mass is 1160 g/mol. The van der Waals surface area contributed by atoms with Gasteiger partial charge in [0.2, 0.25) is 29.5 Å². The maximum Gasteiger partial charge on any atom is 0.309 e. The number of anilines is 1. The second-order valence-corrected chi connectivity index (χ2v) is 22.8. The first-order valence-electron chi connectivity index (χ1n) is 28.4. The molecule has 1 fully saturated rings. The summed E-state index contributed by atoms with van der Waals surface area (Å²) in [7, 11) is 1.90. The van der Waals surface area contributed by atoms with Crippen LogP contribution < -0.4 is 31.9 Å². The molecule has 1 saturated heterocycles. The lowest BCUT2D eigenvalue weighted by Gasteiger charge is -2.39. The van der Waals surface area contributed by atoms with Gasteiger partial charge in [-0.2, -0.15) is 0 Å². The number of rotatable bonds is 32. The Kier molecular flexibility index (Phi) is 28.4. The number of carbonyl (C=O) groups is 9. The van der Waals surface area contributed by atoms with E-state index >= 15 is 0 Å². The zero-order valence-electron chi connectivity index (χ0n) is 48.8. The Morgan fingerprint density at radius 1 is 0.915 bits per heavy atom. The summed E-state index contributed by atoms with van der Waals surface area (Å²) in [5.41, 5.74) is -0.223. The van der Waals surface area contributed by atoms with Crippen LogP contribution in [-0.4, -0.2) is 150 Å². The molecule has 23 heteroatoms. The number of carboxylic acids is 1. The molecule has 4 rings (SSSR count). The summed E-state index contributed by atoms with van der Waals surface area (Å²) in [5.74, 6) is 2.73. The van der Waals surface area contributed by atoms with Crippen molar-refractivity contribution in [1.82, 2.24) is 41.5 Å². The highest BCUT2D eigenvalue weighted by molar-refractivity contribution is 7.09. The normalized spacial score (nSPS) is 17.3. The Bertz CT molecular complexity index is 2590. The highest BCUT2D eigenvalue weighted by atomic mass is 32.1. The number of piperidine rings is 1. The molecule has 7 N–H and O–H groups in total. The SMILES string of the molecule is C#CCCCON(C(=O)[C@@H](NC(=O)[C@H]1CCCCN1C)[C@@H](C)CC)[C@H](C[C@@H](OC(C)=O)c1nc(C(=O)N[C@@H](Cc2ccc(NC(=O)CNC(=O)CNC(=O)CNC(=O)COC3C#CCCCCC3)cc2)CC(C)(C)C(=O)O)cs1)C(C)C. The maximum absolute atomic E-state index is 14.8. The van der Waals surface area contributed by atoms with E-state index in [2.05, 4.69) is 54.6 Å². The first-order chi connectivity index (χ1) is 39.0. The van der Waals surface area contributed by atoms with Crippen molar-refractivity contribution in [3.63, 3.8) is 0 Å². The van der Waals surface area contributed by atoms with E-state index in [1.54, 1.807) is 38.1 Å². The number of carbonyl (C=O) groups excluding carboxylic acids is 8. The molecule has 7 amide bonds. The van der Waals surface area contributed by atoms with Gasteiger partial charge in [-0.3, -0.25) is 52.9 Å². The van der Waals surface area contributed by atoms with Crippen LogP contribution in [0.1, 0.15) is 159 Å². The molecule has 1 aromatic heterocycles. The summed E-state index contributed by atoms with van der Waals surface area (Å²) in [6, 6.07) is 3.83. The molecule has 7 atom stereocenters. The molecule has 1 unspecified atom stereocenters.